The van der Waals surface area contributed by atoms with Gasteiger partial charge in [-0.05, 0) is 40.5 Å². The third-order valence-electron chi connectivity index (χ3n) is 5.72. The second-order valence-electron chi connectivity index (χ2n) is 7.60. The van der Waals surface area contributed by atoms with Gasteiger partial charge < -0.3 is 5.32 Å². The molecule has 0 radical (unpaired) electrons. The van der Waals surface area contributed by atoms with E-state index in [0.717, 1.165) is 11.4 Å². The Labute approximate surface area is 174 Å². The quantitative estimate of drug-likeness (QED) is 0.362. The lowest BCUT2D eigenvalue weighted by Crippen LogP contribution is -2.02. The van der Waals surface area contributed by atoms with Crippen molar-refractivity contribution < 1.29 is 0 Å². The van der Waals surface area contributed by atoms with Gasteiger partial charge in [0.2, 0.25) is 0 Å². The van der Waals surface area contributed by atoms with E-state index < -0.39 is 0 Å². The fourth-order valence-electron chi connectivity index (χ4n) is 3.85. The van der Waals surface area contributed by atoms with Crippen molar-refractivity contribution in [2.24, 2.45) is 0 Å². The van der Waals surface area contributed by atoms with Crippen LogP contribution in [0.4, 0.5) is 11.4 Å². The van der Waals surface area contributed by atoms with E-state index in [-0.39, 0.29) is 0 Å². The van der Waals surface area contributed by atoms with Crippen molar-refractivity contribution in [3.05, 3.63) is 131 Å². The Morgan fingerprint density at radius 1 is 0.483 bits per heavy atom. The van der Waals surface area contributed by atoms with Crippen LogP contribution in [-0.4, -0.2) is 0 Å². The molecule has 2 atom stereocenters. The maximum atomic E-state index is 3.63. The van der Waals surface area contributed by atoms with Gasteiger partial charge in [0.05, 0.1) is 0 Å². The molecule has 4 aromatic rings. The highest BCUT2D eigenvalue weighted by Crippen LogP contribution is 2.32. The summed E-state index contributed by atoms with van der Waals surface area (Å²) in [6, 6.07) is 38.7. The number of nitrogens with one attached hydrogen (secondary N) is 1. The summed E-state index contributed by atoms with van der Waals surface area (Å²) in [6.45, 7) is 4.52. The fourth-order valence-corrected chi connectivity index (χ4v) is 3.85. The number of para-hydroxylation sites is 1. The summed E-state index contributed by atoms with van der Waals surface area (Å²) < 4.78 is 0. The SMILES string of the molecule is CC(c1ccccc1)c1ccc(Nc2ccccc2C(C)c2ccccc2)cc1. The highest BCUT2D eigenvalue weighted by molar-refractivity contribution is 5.65. The number of rotatable bonds is 6. The number of anilines is 2. The van der Waals surface area contributed by atoms with Crippen molar-refractivity contribution in [2.75, 3.05) is 5.32 Å². The molecule has 0 bridgehead atoms. The van der Waals surface area contributed by atoms with Crippen molar-refractivity contribution in [2.45, 2.75) is 25.7 Å². The average molecular weight is 378 g/mol. The standard InChI is InChI=1S/C28H27N/c1-21(23-11-5-3-6-12-23)25-17-19-26(20-18-25)29-28-16-10-9-15-27(28)22(2)24-13-7-4-8-14-24/h3-22,29H,1-2H3. The molecule has 0 saturated heterocycles. The molecule has 0 aliphatic heterocycles. The number of hydrogen-bond acceptors (Lipinski definition) is 1. The smallest absolute Gasteiger partial charge is 0.0422 e. The molecule has 0 aromatic heterocycles. The van der Waals surface area contributed by atoms with Gasteiger partial charge in [-0.1, -0.05) is 105 Å². The Kier molecular flexibility index (Phi) is 5.76. The Morgan fingerprint density at radius 2 is 0.966 bits per heavy atom. The molecule has 0 fully saturated rings. The molecule has 0 heterocycles. The molecule has 0 saturated carbocycles. The lowest BCUT2D eigenvalue weighted by Gasteiger charge is -2.19. The lowest BCUT2D eigenvalue weighted by atomic mass is 9.91. The van der Waals surface area contributed by atoms with Gasteiger partial charge in [0, 0.05) is 23.2 Å². The van der Waals surface area contributed by atoms with E-state index in [9.17, 15) is 0 Å². The summed E-state index contributed by atoms with van der Waals surface area (Å²) in [7, 11) is 0. The van der Waals surface area contributed by atoms with E-state index in [0.29, 0.717) is 11.8 Å². The third-order valence-corrected chi connectivity index (χ3v) is 5.72. The molecule has 1 nitrogen and oxygen atoms in total. The zero-order valence-corrected chi connectivity index (χ0v) is 17.0. The van der Waals surface area contributed by atoms with E-state index in [2.05, 4.69) is 128 Å². The average Bonchev–Trinajstić information content (AvgIpc) is 2.80. The minimum atomic E-state index is 0.331. The second kappa shape index (κ2) is 8.79. The van der Waals surface area contributed by atoms with Crippen LogP contribution in [0.5, 0.6) is 0 Å². The van der Waals surface area contributed by atoms with Crippen molar-refractivity contribution in [1.82, 2.24) is 0 Å². The maximum absolute atomic E-state index is 3.63. The van der Waals surface area contributed by atoms with Crippen LogP contribution >= 0.6 is 0 Å². The van der Waals surface area contributed by atoms with E-state index >= 15 is 0 Å². The highest BCUT2D eigenvalue weighted by atomic mass is 14.9. The fraction of sp³-hybridized carbons (Fsp3) is 0.143. The maximum Gasteiger partial charge on any atom is 0.0422 e. The summed E-state index contributed by atoms with van der Waals surface area (Å²) in [5.74, 6) is 0.716. The first-order chi connectivity index (χ1) is 14.2. The van der Waals surface area contributed by atoms with Crippen LogP contribution in [-0.2, 0) is 0 Å². The molecule has 29 heavy (non-hydrogen) atoms. The molecule has 2 unspecified atom stereocenters. The van der Waals surface area contributed by atoms with E-state index in [1.807, 2.05) is 0 Å². The zero-order chi connectivity index (χ0) is 20.1. The molecule has 1 heteroatoms. The molecule has 4 aromatic carbocycles. The van der Waals surface area contributed by atoms with Gasteiger partial charge >= 0.3 is 0 Å². The summed E-state index contributed by atoms with van der Waals surface area (Å²) in [6.07, 6.45) is 0. The van der Waals surface area contributed by atoms with Crippen LogP contribution in [0.1, 0.15) is 47.9 Å². The van der Waals surface area contributed by atoms with E-state index in [1.165, 1.54) is 22.3 Å². The molecule has 0 aliphatic rings. The predicted octanol–water partition coefficient (Wildman–Crippen LogP) is 7.73. The molecule has 1 N–H and O–H groups in total. The van der Waals surface area contributed by atoms with Gasteiger partial charge in [-0.25, -0.2) is 0 Å². The molecular formula is C28H27N. The normalized spacial score (nSPS) is 12.9. The molecule has 144 valence electrons. The zero-order valence-electron chi connectivity index (χ0n) is 17.0. The Balaban J connectivity index is 1.54. The number of benzene rings is 4. The van der Waals surface area contributed by atoms with Crippen molar-refractivity contribution in [3.63, 3.8) is 0 Å². The number of hydrogen-bond donors (Lipinski definition) is 1. The van der Waals surface area contributed by atoms with Crippen LogP contribution in [0.3, 0.4) is 0 Å². The Morgan fingerprint density at radius 3 is 1.59 bits per heavy atom. The monoisotopic (exact) mass is 377 g/mol. The van der Waals surface area contributed by atoms with Crippen LogP contribution in [0.25, 0.3) is 0 Å². The first-order valence-electron chi connectivity index (χ1n) is 10.3. The molecule has 4 rings (SSSR count). The van der Waals surface area contributed by atoms with Crippen LogP contribution < -0.4 is 5.32 Å². The van der Waals surface area contributed by atoms with E-state index in [4.69, 9.17) is 0 Å². The third kappa shape index (κ3) is 4.41. The Bertz CT molecular complexity index is 1040. The first kappa shape index (κ1) is 19.0. The molecule has 0 aliphatic carbocycles. The summed E-state index contributed by atoms with van der Waals surface area (Å²) in [5.41, 5.74) is 7.58. The highest BCUT2D eigenvalue weighted by Gasteiger charge is 2.13. The summed E-state index contributed by atoms with van der Waals surface area (Å²) >= 11 is 0. The van der Waals surface area contributed by atoms with Crippen molar-refractivity contribution >= 4 is 11.4 Å². The van der Waals surface area contributed by atoms with E-state index in [1.54, 1.807) is 0 Å². The minimum absolute atomic E-state index is 0.331. The molecule has 0 spiro atoms. The van der Waals surface area contributed by atoms with Gasteiger partial charge in [0.25, 0.3) is 0 Å². The van der Waals surface area contributed by atoms with Crippen molar-refractivity contribution in [1.29, 1.82) is 0 Å². The van der Waals surface area contributed by atoms with Crippen LogP contribution in [0.2, 0.25) is 0 Å². The molecule has 0 amide bonds. The predicted molar refractivity (Wildman–Crippen MR) is 124 cm³/mol. The minimum Gasteiger partial charge on any atom is -0.355 e. The van der Waals surface area contributed by atoms with Crippen LogP contribution in [0, 0.1) is 0 Å². The van der Waals surface area contributed by atoms with Crippen LogP contribution in [0.15, 0.2) is 109 Å². The lowest BCUT2D eigenvalue weighted by molar-refractivity contribution is 0.921. The van der Waals surface area contributed by atoms with Gasteiger partial charge in [-0.2, -0.15) is 0 Å². The Hall–Kier alpha value is -3.32. The van der Waals surface area contributed by atoms with Gasteiger partial charge in [0.1, 0.15) is 0 Å². The summed E-state index contributed by atoms with van der Waals surface area (Å²) in [5, 5.41) is 3.63. The summed E-state index contributed by atoms with van der Waals surface area (Å²) in [4.78, 5) is 0. The molecular weight excluding hydrogens is 350 g/mol. The van der Waals surface area contributed by atoms with Gasteiger partial charge in [0.15, 0.2) is 0 Å². The van der Waals surface area contributed by atoms with Crippen molar-refractivity contribution in [3.8, 4) is 0 Å². The van der Waals surface area contributed by atoms with Gasteiger partial charge in [-0.3, -0.25) is 0 Å². The van der Waals surface area contributed by atoms with Gasteiger partial charge in [-0.15, -0.1) is 0 Å². The first-order valence-corrected chi connectivity index (χ1v) is 10.3. The second-order valence-corrected chi connectivity index (χ2v) is 7.60. The largest absolute Gasteiger partial charge is 0.355 e. The topological polar surface area (TPSA) is 12.0 Å².